The molecule has 2 aromatic carbocycles. The molecule has 128 valence electrons. The third-order valence-electron chi connectivity index (χ3n) is 4.27. The molecule has 0 unspecified atom stereocenters. The van der Waals surface area contributed by atoms with E-state index in [-0.39, 0.29) is 13.2 Å². The summed E-state index contributed by atoms with van der Waals surface area (Å²) in [7, 11) is 0. The third kappa shape index (κ3) is 3.65. The van der Waals surface area contributed by atoms with Crippen LogP contribution in [0.25, 0.3) is 10.9 Å². The van der Waals surface area contributed by atoms with Crippen LogP contribution in [0.15, 0.2) is 42.5 Å². The zero-order valence-electron chi connectivity index (χ0n) is 14.0. The second-order valence-corrected chi connectivity index (χ2v) is 6.31. The molecule has 0 aliphatic heterocycles. The van der Waals surface area contributed by atoms with Crippen molar-refractivity contribution < 1.29 is 14.6 Å². The molecule has 0 aliphatic carbocycles. The molecule has 5 heteroatoms. The van der Waals surface area contributed by atoms with E-state index in [9.17, 15) is 4.79 Å². The van der Waals surface area contributed by atoms with Gasteiger partial charge < -0.3 is 9.84 Å². The zero-order chi connectivity index (χ0) is 18.0. The van der Waals surface area contributed by atoms with Gasteiger partial charge in [0.25, 0.3) is 0 Å². The fourth-order valence-electron chi connectivity index (χ4n) is 2.58. The molecule has 1 N–H and O–H groups in total. The van der Waals surface area contributed by atoms with Gasteiger partial charge in [0, 0.05) is 10.9 Å². The predicted molar refractivity (Wildman–Crippen MR) is 97.7 cm³/mol. The van der Waals surface area contributed by atoms with Crippen LogP contribution in [-0.4, -0.2) is 16.1 Å². The van der Waals surface area contributed by atoms with Gasteiger partial charge in [-0.15, -0.1) is 0 Å². The second kappa shape index (κ2) is 7.21. The number of aliphatic hydroxyl groups excluding tert-OH is 1. The largest absolute Gasteiger partial charge is 0.457 e. The minimum absolute atomic E-state index is 0.0509. The number of fused-ring (bicyclic) bond motifs is 1. The van der Waals surface area contributed by atoms with Gasteiger partial charge in [-0.2, -0.15) is 0 Å². The van der Waals surface area contributed by atoms with E-state index in [2.05, 4.69) is 4.98 Å². The number of nitrogens with zero attached hydrogens (tertiary/aromatic N) is 1. The van der Waals surface area contributed by atoms with Gasteiger partial charge in [-0.25, -0.2) is 9.78 Å². The molecule has 0 atom stereocenters. The van der Waals surface area contributed by atoms with Crippen LogP contribution in [0, 0.1) is 13.8 Å². The number of aromatic nitrogens is 1. The number of esters is 1. The van der Waals surface area contributed by atoms with Crippen molar-refractivity contribution in [3.63, 3.8) is 0 Å². The lowest BCUT2D eigenvalue weighted by Crippen LogP contribution is -2.06. The number of rotatable bonds is 4. The minimum Gasteiger partial charge on any atom is -0.457 e. The van der Waals surface area contributed by atoms with E-state index >= 15 is 0 Å². The van der Waals surface area contributed by atoms with Crippen LogP contribution in [0.5, 0.6) is 0 Å². The third-order valence-corrected chi connectivity index (χ3v) is 4.60. The maximum atomic E-state index is 12.1. The lowest BCUT2D eigenvalue weighted by Gasteiger charge is -2.10. The van der Waals surface area contributed by atoms with Gasteiger partial charge in [0.2, 0.25) is 0 Å². The summed E-state index contributed by atoms with van der Waals surface area (Å²) in [5, 5.41) is 10.3. The molecule has 4 nitrogen and oxygen atoms in total. The maximum Gasteiger partial charge on any atom is 0.338 e. The molecule has 0 aliphatic rings. The number of benzene rings is 2. The summed E-state index contributed by atoms with van der Waals surface area (Å²) in [4.78, 5) is 16.6. The molecule has 0 radical (unpaired) electrons. The normalized spacial score (nSPS) is 10.9. The van der Waals surface area contributed by atoms with Crippen LogP contribution >= 0.6 is 11.6 Å². The number of pyridine rings is 1. The molecule has 0 saturated carbocycles. The Balaban J connectivity index is 1.79. The number of ether oxygens (including phenoxy) is 1. The van der Waals surface area contributed by atoms with Crippen molar-refractivity contribution >= 4 is 28.5 Å². The second-order valence-electron chi connectivity index (χ2n) is 5.95. The monoisotopic (exact) mass is 355 g/mol. The number of carbonyl (C=O) groups is 1. The first kappa shape index (κ1) is 17.4. The number of halogens is 1. The summed E-state index contributed by atoms with van der Waals surface area (Å²) in [5.74, 6) is -0.444. The van der Waals surface area contributed by atoms with Crippen molar-refractivity contribution in [3.05, 3.63) is 75.4 Å². The first-order valence-electron chi connectivity index (χ1n) is 7.92. The molecule has 25 heavy (non-hydrogen) atoms. The summed E-state index contributed by atoms with van der Waals surface area (Å²) in [6.07, 6.45) is 0. The average Bonchev–Trinajstić information content (AvgIpc) is 2.63. The van der Waals surface area contributed by atoms with E-state index in [0.29, 0.717) is 16.3 Å². The smallest absolute Gasteiger partial charge is 0.338 e. The molecule has 0 bridgehead atoms. The predicted octanol–water partition coefficient (Wildman–Crippen LogP) is 4.35. The zero-order valence-corrected chi connectivity index (χ0v) is 14.8. The quantitative estimate of drug-likeness (QED) is 0.558. The Hall–Kier alpha value is -2.43. The van der Waals surface area contributed by atoms with Gasteiger partial charge >= 0.3 is 5.97 Å². The number of carbonyl (C=O) groups excluding carboxylic acids is 1. The Morgan fingerprint density at radius 3 is 2.56 bits per heavy atom. The molecular formula is C20H18ClNO3. The van der Waals surface area contributed by atoms with Crippen molar-refractivity contribution in [1.29, 1.82) is 0 Å². The Labute approximate surface area is 151 Å². The topological polar surface area (TPSA) is 59.4 Å². The minimum atomic E-state index is -0.444. The molecule has 3 rings (SSSR count). The lowest BCUT2D eigenvalue weighted by molar-refractivity contribution is 0.0472. The van der Waals surface area contributed by atoms with Crippen LogP contribution in [0.3, 0.4) is 0 Å². The highest BCUT2D eigenvalue weighted by molar-refractivity contribution is 6.30. The number of aliphatic hydroxyl groups is 1. The van der Waals surface area contributed by atoms with Crippen LogP contribution in [0.4, 0.5) is 0 Å². The fourth-order valence-corrected chi connectivity index (χ4v) is 2.77. The lowest BCUT2D eigenvalue weighted by atomic mass is 10.0. The van der Waals surface area contributed by atoms with Gasteiger partial charge in [0.1, 0.15) is 11.8 Å². The van der Waals surface area contributed by atoms with E-state index in [1.165, 1.54) is 0 Å². The Morgan fingerprint density at radius 2 is 1.88 bits per heavy atom. The first-order chi connectivity index (χ1) is 12.0. The van der Waals surface area contributed by atoms with Crippen molar-refractivity contribution in [2.75, 3.05) is 0 Å². The van der Waals surface area contributed by atoms with Gasteiger partial charge in [-0.3, -0.25) is 0 Å². The fraction of sp³-hybridized carbons (Fsp3) is 0.200. The van der Waals surface area contributed by atoms with E-state index in [4.69, 9.17) is 21.4 Å². The van der Waals surface area contributed by atoms with Crippen LogP contribution in [0.1, 0.15) is 32.6 Å². The molecule has 1 aromatic heterocycles. The summed E-state index contributed by atoms with van der Waals surface area (Å²) in [6.45, 7) is 4.03. The van der Waals surface area contributed by atoms with Gasteiger partial charge in [-0.1, -0.05) is 35.9 Å². The van der Waals surface area contributed by atoms with Crippen LogP contribution in [-0.2, 0) is 18.0 Å². The summed E-state index contributed by atoms with van der Waals surface area (Å²) in [5.41, 5.74) is 4.93. The average molecular weight is 356 g/mol. The molecular weight excluding hydrogens is 338 g/mol. The molecule has 1 heterocycles. The van der Waals surface area contributed by atoms with Gasteiger partial charge in [0.05, 0.1) is 17.7 Å². The standard InChI is InChI=1S/C20H18ClNO3/c1-12-3-6-16-9-17(19(21)22-18(16)13(12)2)11-25-20(24)15-7-4-14(10-23)5-8-15/h3-9,23H,10-11H2,1-2H3. The van der Waals surface area contributed by atoms with Crippen molar-refractivity contribution in [1.82, 2.24) is 4.98 Å². The van der Waals surface area contributed by atoms with Crippen molar-refractivity contribution in [3.8, 4) is 0 Å². The van der Waals surface area contributed by atoms with Gasteiger partial charge in [-0.05, 0) is 48.7 Å². The molecule has 0 saturated heterocycles. The number of hydrogen-bond acceptors (Lipinski definition) is 4. The van der Waals surface area contributed by atoms with E-state index in [1.54, 1.807) is 24.3 Å². The maximum absolute atomic E-state index is 12.1. The van der Waals surface area contributed by atoms with E-state index in [0.717, 1.165) is 27.6 Å². The van der Waals surface area contributed by atoms with Crippen LogP contribution < -0.4 is 0 Å². The SMILES string of the molecule is Cc1ccc2cc(COC(=O)c3ccc(CO)cc3)c(Cl)nc2c1C. The highest BCUT2D eigenvalue weighted by atomic mass is 35.5. The van der Waals surface area contributed by atoms with E-state index in [1.807, 2.05) is 32.0 Å². The highest BCUT2D eigenvalue weighted by Gasteiger charge is 2.12. The molecule has 0 fully saturated rings. The van der Waals surface area contributed by atoms with Crippen LogP contribution in [0.2, 0.25) is 5.15 Å². The van der Waals surface area contributed by atoms with E-state index < -0.39 is 5.97 Å². The molecule has 0 amide bonds. The van der Waals surface area contributed by atoms with Crippen molar-refractivity contribution in [2.45, 2.75) is 27.1 Å². The summed E-state index contributed by atoms with van der Waals surface area (Å²) < 4.78 is 5.35. The molecule has 0 spiro atoms. The Bertz CT molecular complexity index is 936. The summed E-state index contributed by atoms with van der Waals surface area (Å²) >= 11 is 6.27. The summed E-state index contributed by atoms with van der Waals surface area (Å²) in [6, 6.07) is 12.5. The van der Waals surface area contributed by atoms with Crippen molar-refractivity contribution in [2.24, 2.45) is 0 Å². The first-order valence-corrected chi connectivity index (χ1v) is 8.29. The highest BCUT2D eigenvalue weighted by Crippen LogP contribution is 2.25. The number of aryl methyl sites for hydroxylation is 2. The van der Waals surface area contributed by atoms with Gasteiger partial charge in [0.15, 0.2) is 0 Å². The molecule has 3 aromatic rings. The Morgan fingerprint density at radius 1 is 1.16 bits per heavy atom. The number of hydrogen-bond donors (Lipinski definition) is 1. The Kier molecular flexibility index (Phi) is 5.02.